The van der Waals surface area contributed by atoms with E-state index < -0.39 is 0 Å². The van der Waals surface area contributed by atoms with Crippen LogP contribution in [-0.4, -0.2) is 38.1 Å². The summed E-state index contributed by atoms with van der Waals surface area (Å²) < 4.78 is 13.0. The number of nitrogens with one attached hydrogen (secondary N) is 2. The van der Waals surface area contributed by atoms with Crippen LogP contribution in [0.25, 0.3) is 27.9 Å². The Kier molecular flexibility index (Phi) is 4.44. The van der Waals surface area contributed by atoms with Gasteiger partial charge in [0.15, 0.2) is 23.0 Å². The molecule has 0 bridgehead atoms. The lowest BCUT2D eigenvalue weighted by Gasteiger charge is -2.13. The minimum atomic E-state index is 0.572. The van der Waals surface area contributed by atoms with E-state index in [1.54, 1.807) is 19.6 Å². The molecule has 2 aromatic carbocycles. The van der Waals surface area contributed by atoms with Crippen LogP contribution in [0.5, 0.6) is 11.5 Å². The highest BCUT2D eigenvalue weighted by Crippen LogP contribution is 2.32. The van der Waals surface area contributed by atoms with Crippen LogP contribution in [0.15, 0.2) is 61.3 Å². The summed E-state index contributed by atoms with van der Waals surface area (Å²) >= 11 is 0. The van der Waals surface area contributed by atoms with E-state index in [1.165, 1.54) is 0 Å². The number of methoxy groups -OCH3 is 1. The maximum Gasteiger partial charge on any atom is 0.180 e. The molecule has 0 aliphatic heterocycles. The second kappa shape index (κ2) is 7.40. The number of anilines is 2. The smallest absolute Gasteiger partial charge is 0.180 e. The molecule has 0 radical (unpaired) electrons. The largest absolute Gasteiger partial charge is 0.493 e. The molecule has 5 aromatic rings. The Morgan fingerprint density at radius 1 is 1.10 bits per heavy atom. The fourth-order valence-corrected chi connectivity index (χ4v) is 3.41. The number of hydrogen-bond acceptors (Lipinski definition) is 6. The molecule has 3 heterocycles. The first-order valence-electron chi connectivity index (χ1n) is 9.60. The standard InChI is InChI=1S/C22H20N6O2/c1-3-30-19-7-5-15(11-20(19)29-2)26-21-22-23-8-9-28(22)12-18(27-21)14-4-6-16-17(10-14)25-13-24-16/h4-13H,3H2,1-2H3,(H,24,25)(H,26,27). The van der Waals surface area contributed by atoms with Gasteiger partial charge in [0, 0.05) is 35.9 Å². The van der Waals surface area contributed by atoms with Crippen molar-refractivity contribution in [2.45, 2.75) is 6.92 Å². The van der Waals surface area contributed by atoms with Crippen molar-refractivity contribution in [3.05, 3.63) is 61.3 Å². The van der Waals surface area contributed by atoms with Crippen molar-refractivity contribution >= 4 is 28.2 Å². The van der Waals surface area contributed by atoms with Crippen molar-refractivity contribution in [1.82, 2.24) is 24.3 Å². The maximum absolute atomic E-state index is 5.60. The van der Waals surface area contributed by atoms with E-state index in [9.17, 15) is 0 Å². The van der Waals surface area contributed by atoms with Gasteiger partial charge in [-0.15, -0.1) is 0 Å². The number of aromatic amines is 1. The SMILES string of the molecule is CCOc1ccc(Nc2nc(-c3ccc4nc[nH]c4c3)cn3ccnc23)cc1OC. The molecular formula is C22H20N6O2. The van der Waals surface area contributed by atoms with Gasteiger partial charge in [-0.05, 0) is 31.2 Å². The number of imidazole rings is 2. The molecule has 0 spiro atoms. The van der Waals surface area contributed by atoms with Gasteiger partial charge in [-0.2, -0.15) is 0 Å². The minimum Gasteiger partial charge on any atom is -0.493 e. The molecule has 5 rings (SSSR count). The lowest BCUT2D eigenvalue weighted by molar-refractivity contribution is 0.311. The number of fused-ring (bicyclic) bond motifs is 2. The number of aromatic nitrogens is 5. The summed E-state index contributed by atoms with van der Waals surface area (Å²) in [5, 5.41) is 3.37. The number of ether oxygens (including phenoxy) is 2. The Labute approximate surface area is 172 Å². The highest BCUT2D eigenvalue weighted by molar-refractivity contribution is 5.82. The van der Waals surface area contributed by atoms with Crippen LogP contribution in [0.2, 0.25) is 0 Å². The average molecular weight is 400 g/mol. The fourth-order valence-electron chi connectivity index (χ4n) is 3.41. The lowest BCUT2D eigenvalue weighted by Crippen LogP contribution is -2.01. The zero-order valence-electron chi connectivity index (χ0n) is 16.6. The van der Waals surface area contributed by atoms with Crippen molar-refractivity contribution < 1.29 is 9.47 Å². The van der Waals surface area contributed by atoms with Gasteiger partial charge in [-0.1, -0.05) is 6.07 Å². The Hall–Kier alpha value is -4.07. The summed E-state index contributed by atoms with van der Waals surface area (Å²) in [6, 6.07) is 11.7. The molecule has 0 fully saturated rings. The zero-order chi connectivity index (χ0) is 20.5. The molecule has 0 atom stereocenters. The van der Waals surface area contributed by atoms with Crippen LogP contribution in [-0.2, 0) is 0 Å². The fraction of sp³-hybridized carbons (Fsp3) is 0.136. The first-order valence-corrected chi connectivity index (χ1v) is 9.60. The molecule has 0 saturated carbocycles. The van der Waals surface area contributed by atoms with Crippen molar-refractivity contribution in [3.8, 4) is 22.8 Å². The van der Waals surface area contributed by atoms with Gasteiger partial charge in [0.1, 0.15) is 0 Å². The van der Waals surface area contributed by atoms with Crippen LogP contribution in [0.1, 0.15) is 6.92 Å². The Morgan fingerprint density at radius 2 is 2.03 bits per heavy atom. The normalized spacial score (nSPS) is 11.1. The first kappa shape index (κ1) is 18.0. The minimum absolute atomic E-state index is 0.572. The molecule has 0 unspecified atom stereocenters. The average Bonchev–Trinajstić information content (AvgIpc) is 3.43. The third-order valence-electron chi connectivity index (χ3n) is 4.82. The first-order chi connectivity index (χ1) is 14.7. The third kappa shape index (κ3) is 3.18. The number of benzene rings is 2. The summed E-state index contributed by atoms with van der Waals surface area (Å²) in [5.74, 6) is 2.00. The highest BCUT2D eigenvalue weighted by atomic mass is 16.5. The second-order valence-corrected chi connectivity index (χ2v) is 6.69. The Balaban J connectivity index is 1.56. The second-order valence-electron chi connectivity index (χ2n) is 6.69. The summed E-state index contributed by atoms with van der Waals surface area (Å²) in [6.45, 7) is 2.51. The summed E-state index contributed by atoms with van der Waals surface area (Å²) in [7, 11) is 1.62. The van der Waals surface area contributed by atoms with Gasteiger partial charge in [0.2, 0.25) is 0 Å². The van der Waals surface area contributed by atoms with Gasteiger partial charge in [-0.3, -0.25) is 0 Å². The quantitative estimate of drug-likeness (QED) is 0.438. The van der Waals surface area contributed by atoms with E-state index in [2.05, 4.69) is 20.3 Å². The van der Waals surface area contributed by atoms with E-state index in [1.807, 2.05) is 60.1 Å². The summed E-state index contributed by atoms with van der Waals surface area (Å²) in [6.07, 6.45) is 7.30. The van der Waals surface area contributed by atoms with Crippen LogP contribution < -0.4 is 14.8 Å². The van der Waals surface area contributed by atoms with E-state index in [0.29, 0.717) is 23.9 Å². The number of rotatable bonds is 6. The van der Waals surface area contributed by atoms with Gasteiger partial charge in [-0.25, -0.2) is 15.0 Å². The van der Waals surface area contributed by atoms with E-state index in [-0.39, 0.29) is 0 Å². The van der Waals surface area contributed by atoms with Crippen molar-refractivity contribution in [1.29, 1.82) is 0 Å². The molecular weight excluding hydrogens is 380 g/mol. The monoisotopic (exact) mass is 400 g/mol. The van der Waals surface area contributed by atoms with Crippen LogP contribution in [0.3, 0.4) is 0 Å². The molecule has 30 heavy (non-hydrogen) atoms. The molecule has 0 saturated heterocycles. The number of nitrogens with zero attached hydrogens (tertiary/aromatic N) is 4. The van der Waals surface area contributed by atoms with Crippen molar-refractivity contribution in [3.63, 3.8) is 0 Å². The van der Waals surface area contributed by atoms with Crippen molar-refractivity contribution in [2.75, 3.05) is 19.0 Å². The van der Waals surface area contributed by atoms with E-state index in [4.69, 9.17) is 14.5 Å². The predicted molar refractivity (Wildman–Crippen MR) is 116 cm³/mol. The molecule has 150 valence electrons. The van der Waals surface area contributed by atoms with E-state index >= 15 is 0 Å². The van der Waals surface area contributed by atoms with Gasteiger partial charge in [0.05, 0.1) is 36.8 Å². The Morgan fingerprint density at radius 3 is 2.90 bits per heavy atom. The van der Waals surface area contributed by atoms with Gasteiger partial charge < -0.3 is 24.2 Å². The summed E-state index contributed by atoms with van der Waals surface area (Å²) in [4.78, 5) is 16.7. The number of H-pyrrole nitrogens is 1. The van der Waals surface area contributed by atoms with Crippen molar-refractivity contribution in [2.24, 2.45) is 0 Å². The molecule has 8 heteroatoms. The molecule has 0 aliphatic carbocycles. The highest BCUT2D eigenvalue weighted by Gasteiger charge is 2.12. The number of hydrogen-bond donors (Lipinski definition) is 2. The third-order valence-corrected chi connectivity index (χ3v) is 4.82. The summed E-state index contributed by atoms with van der Waals surface area (Å²) in [5.41, 5.74) is 5.24. The molecule has 2 N–H and O–H groups in total. The molecule has 8 nitrogen and oxygen atoms in total. The molecule has 3 aromatic heterocycles. The van der Waals surface area contributed by atoms with E-state index in [0.717, 1.165) is 33.6 Å². The van der Waals surface area contributed by atoms with Crippen LogP contribution in [0, 0.1) is 0 Å². The molecule has 0 aliphatic rings. The van der Waals surface area contributed by atoms with Gasteiger partial charge >= 0.3 is 0 Å². The predicted octanol–water partition coefficient (Wildman–Crippen LogP) is 4.42. The van der Waals surface area contributed by atoms with Crippen LogP contribution in [0.4, 0.5) is 11.5 Å². The zero-order valence-corrected chi connectivity index (χ0v) is 16.6. The van der Waals surface area contributed by atoms with Crippen LogP contribution >= 0.6 is 0 Å². The molecule has 0 amide bonds. The topological polar surface area (TPSA) is 89.4 Å². The maximum atomic E-state index is 5.60. The Bertz CT molecular complexity index is 1340. The lowest BCUT2D eigenvalue weighted by atomic mass is 10.1. The van der Waals surface area contributed by atoms with Gasteiger partial charge in [0.25, 0.3) is 0 Å².